The maximum atomic E-state index is 12.5. The minimum atomic E-state index is -0.342. The van der Waals surface area contributed by atoms with Gasteiger partial charge in [0.25, 0.3) is 5.91 Å². The first kappa shape index (κ1) is 18.5. The van der Waals surface area contributed by atoms with Crippen molar-refractivity contribution in [2.24, 2.45) is 0 Å². The number of carbonyl (C=O) groups is 1. The molecule has 1 atom stereocenters. The number of amides is 1. The molecule has 0 saturated carbocycles. The highest BCUT2D eigenvalue weighted by molar-refractivity contribution is 6.32. The van der Waals surface area contributed by atoms with Gasteiger partial charge in [0.05, 0.1) is 26.2 Å². The molecule has 27 heavy (non-hydrogen) atoms. The predicted molar refractivity (Wildman–Crippen MR) is 102 cm³/mol. The van der Waals surface area contributed by atoms with Gasteiger partial charge in [-0.05, 0) is 37.5 Å². The van der Waals surface area contributed by atoms with Crippen LogP contribution in [0, 0.1) is 6.92 Å². The largest absolute Gasteiger partial charge is 0.423 e. The Morgan fingerprint density at radius 2 is 2.07 bits per heavy atom. The van der Waals surface area contributed by atoms with E-state index in [9.17, 15) is 9.59 Å². The average molecular weight is 392 g/mol. The Morgan fingerprint density at radius 3 is 2.78 bits per heavy atom. The number of halogens is 1. The molecule has 0 unspecified atom stereocenters. The van der Waals surface area contributed by atoms with Crippen LogP contribution in [0.25, 0.3) is 11.0 Å². The first-order chi connectivity index (χ1) is 13.0. The van der Waals surface area contributed by atoms with E-state index < -0.39 is 0 Å². The summed E-state index contributed by atoms with van der Waals surface area (Å²) in [5, 5.41) is 1.55. The SMILES string of the molecule is Cc1cc2oc(=O)cc(C[NH+]3CCN(C(=O)[C@H]4CCCO4)CC3)c2cc1Cl. The Hall–Kier alpha value is -1.89. The van der Waals surface area contributed by atoms with Crippen LogP contribution in [0.3, 0.4) is 0 Å². The Kier molecular flexibility index (Phi) is 5.21. The highest BCUT2D eigenvalue weighted by Gasteiger charge is 2.31. The van der Waals surface area contributed by atoms with E-state index in [0.717, 1.165) is 42.4 Å². The first-order valence-electron chi connectivity index (χ1n) is 9.48. The molecule has 3 heterocycles. The molecule has 2 aliphatic rings. The summed E-state index contributed by atoms with van der Waals surface area (Å²) in [6.07, 6.45) is 1.55. The van der Waals surface area contributed by atoms with Crippen LogP contribution >= 0.6 is 11.6 Å². The number of rotatable bonds is 3. The molecule has 0 aliphatic carbocycles. The molecule has 1 amide bonds. The monoisotopic (exact) mass is 391 g/mol. The highest BCUT2D eigenvalue weighted by Crippen LogP contribution is 2.25. The third-order valence-electron chi connectivity index (χ3n) is 5.54. The fraction of sp³-hybridized carbons (Fsp3) is 0.500. The minimum absolute atomic E-state index is 0.125. The lowest BCUT2D eigenvalue weighted by Gasteiger charge is -2.33. The first-order valence-corrected chi connectivity index (χ1v) is 9.86. The molecule has 0 radical (unpaired) electrons. The zero-order valence-electron chi connectivity index (χ0n) is 15.4. The Bertz CT molecular complexity index is 912. The summed E-state index contributed by atoms with van der Waals surface area (Å²) >= 11 is 6.28. The molecule has 1 aromatic heterocycles. The van der Waals surface area contributed by atoms with Crippen LogP contribution in [0.2, 0.25) is 5.02 Å². The van der Waals surface area contributed by atoms with Gasteiger partial charge < -0.3 is 19.0 Å². The molecule has 1 aromatic carbocycles. The Morgan fingerprint density at radius 1 is 1.30 bits per heavy atom. The third kappa shape index (κ3) is 3.88. The van der Waals surface area contributed by atoms with Gasteiger partial charge in [0, 0.05) is 28.6 Å². The van der Waals surface area contributed by atoms with Gasteiger partial charge in [-0.25, -0.2) is 4.79 Å². The predicted octanol–water partition coefficient (Wildman–Crippen LogP) is 1.16. The number of quaternary nitrogens is 1. The summed E-state index contributed by atoms with van der Waals surface area (Å²) in [5.41, 5.74) is 2.06. The molecule has 2 fully saturated rings. The maximum Gasteiger partial charge on any atom is 0.336 e. The molecule has 7 heteroatoms. The topological polar surface area (TPSA) is 64.2 Å². The van der Waals surface area contributed by atoms with E-state index in [2.05, 4.69) is 0 Å². The summed E-state index contributed by atoms with van der Waals surface area (Å²) in [6.45, 7) is 6.42. The van der Waals surface area contributed by atoms with Crippen molar-refractivity contribution in [3.8, 4) is 0 Å². The molecule has 2 saturated heterocycles. The molecular weight excluding hydrogens is 368 g/mol. The van der Waals surface area contributed by atoms with Gasteiger partial charge >= 0.3 is 5.63 Å². The molecule has 144 valence electrons. The minimum Gasteiger partial charge on any atom is -0.423 e. The van der Waals surface area contributed by atoms with Crippen molar-refractivity contribution in [3.05, 3.63) is 44.8 Å². The van der Waals surface area contributed by atoms with Gasteiger partial charge in [-0.15, -0.1) is 0 Å². The molecule has 6 nitrogen and oxygen atoms in total. The molecule has 2 aromatic rings. The van der Waals surface area contributed by atoms with Gasteiger partial charge in [-0.1, -0.05) is 11.6 Å². The van der Waals surface area contributed by atoms with Crippen LogP contribution in [-0.2, 0) is 16.1 Å². The van der Waals surface area contributed by atoms with Crippen molar-refractivity contribution in [3.63, 3.8) is 0 Å². The van der Waals surface area contributed by atoms with Crippen LogP contribution in [0.4, 0.5) is 0 Å². The van der Waals surface area contributed by atoms with Crippen molar-refractivity contribution in [2.45, 2.75) is 32.4 Å². The van der Waals surface area contributed by atoms with Crippen molar-refractivity contribution < 1.29 is 18.8 Å². The van der Waals surface area contributed by atoms with Gasteiger partial charge in [0.2, 0.25) is 0 Å². The number of carbonyl (C=O) groups excluding carboxylic acids is 1. The van der Waals surface area contributed by atoms with Crippen LogP contribution in [0.15, 0.2) is 27.4 Å². The second kappa shape index (κ2) is 7.62. The number of hydrogen-bond donors (Lipinski definition) is 1. The fourth-order valence-electron chi connectivity index (χ4n) is 3.96. The normalized spacial score (nSPS) is 21.1. The number of ether oxygens (including phenoxy) is 1. The van der Waals surface area contributed by atoms with Crippen molar-refractivity contribution in [1.82, 2.24) is 4.90 Å². The molecule has 1 N–H and O–H groups in total. The molecule has 4 rings (SSSR count). The second-order valence-electron chi connectivity index (χ2n) is 7.44. The Balaban J connectivity index is 1.47. The van der Waals surface area contributed by atoms with E-state index in [-0.39, 0.29) is 17.6 Å². The van der Waals surface area contributed by atoms with Crippen molar-refractivity contribution >= 4 is 28.5 Å². The highest BCUT2D eigenvalue weighted by atomic mass is 35.5. The van der Waals surface area contributed by atoms with E-state index in [4.69, 9.17) is 20.8 Å². The lowest BCUT2D eigenvalue weighted by atomic mass is 10.1. The quantitative estimate of drug-likeness (QED) is 0.797. The number of benzene rings is 1. The summed E-state index contributed by atoms with van der Waals surface area (Å²) < 4.78 is 10.9. The molecule has 0 spiro atoms. The van der Waals surface area contributed by atoms with Gasteiger partial charge in [0.15, 0.2) is 0 Å². The van der Waals surface area contributed by atoms with Crippen molar-refractivity contribution in [2.75, 3.05) is 32.8 Å². The summed E-state index contributed by atoms with van der Waals surface area (Å²) in [7, 11) is 0. The lowest BCUT2D eigenvalue weighted by molar-refractivity contribution is -0.917. The van der Waals surface area contributed by atoms with Crippen LogP contribution < -0.4 is 10.5 Å². The maximum absolute atomic E-state index is 12.5. The van der Waals surface area contributed by atoms with E-state index in [1.165, 1.54) is 4.90 Å². The zero-order chi connectivity index (χ0) is 19.0. The number of nitrogens with zero attached hydrogens (tertiary/aromatic N) is 1. The number of piperazine rings is 1. The summed E-state index contributed by atoms with van der Waals surface area (Å²) in [4.78, 5) is 27.7. The Labute approximate surface area is 162 Å². The zero-order valence-corrected chi connectivity index (χ0v) is 16.2. The summed E-state index contributed by atoms with van der Waals surface area (Å²) in [6, 6.07) is 5.25. The van der Waals surface area contributed by atoms with Crippen molar-refractivity contribution in [1.29, 1.82) is 0 Å². The molecule has 0 bridgehead atoms. The van der Waals surface area contributed by atoms with E-state index >= 15 is 0 Å². The van der Waals surface area contributed by atoms with Gasteiger partial charge in [0.1, 0.15) is 18.2 Å². The van der Waals surface area contributed by atoms with Crippen LogP contribution in [0.5, 0.6) is 0 Å². The molecule has 2 aliphatic heterocycles. The van der Waals surface area contributed by atoms with Crippen LogP contribution in [0.1, 0.15) is 24.0 Å². The number of hydrogen-bond acceptors (Lipinski definition) is 4. The van der Waals surface area contributed by atoms with Gasteiger partial charge in [-0.2, -0.15) is 0 Å². The second-order valence-corrected chi connectivity index (χ2v) is 7.85. The number of aryl methyl sites for hydroxylation is 1. The van der Waals surface area contributed by atoms with E-state index in [1.54, 1.807) is 6.07 Å². The molecular formula is C20H24ClN2O4+. The van der Waals surface area contributed by atoms with E-state index in [1.807, 2.05) is 24.0 Å². The third-order valence-corrected chi connectivity index (χ3v) is 5.94. The lowest BCUT2D eigenvalue weighted by Crippen LogP contribution is -3.13. The number of nitrogens with one attached hydrogen (secondary N) is 1. The van der Waals surface area contributed by atoms with Crippen LogP contribution in [-0.4, -0.2) is 49.7 Å². The summed E-state index contributed by atoms with van der Waals surface area (Å²) in [5.74, 6) is 0.125. The van der Waals surface area contributed by atoms with Gasteiger partial charge in [-0.3, -0.25) is 4.79 Å². The number of fused-ring (bicyclic) bond motifs is 1. The standard InChI is InChI=1S/C20H23ClN2O4/c1-13-9-18-15(11-16(13)21)14(10-19(24)27-18)12-22-4-6-23(7-5-22)20(25)17-3-2-8-26-17/h9-11,17H,2-8,12H2,1H3/p+1/t17-/m1/s1. The average Bonchev–Trinajstić information content (AvgIpc) is 3.18. The smallest absolute Gasteiger partial charge is 0.336 e. The fourth-order valence-corrected chi connectivity index (χ4v) is 4.12. The van der Waals surface area contributed by atoms with E-state index in [0.29, 0.717) is 36.8 Å².